The lowest BCUT2D eigenvalue weighted by atomic mass is 10.2. The molecule has 13 heavy (non-hydrogen) atoms. The van der Waals surface area contributed by atoms with Crippen molar-refractivity contribution in [2.45, 2.75) is 4.90 Å². The highest BCUT2D eigenvalue weighted by Gasteiger charge is 2.30. The summed E-state index contributed by atoms with van der Waals surface area (Å²) in [5, 5.41) is 1.70. The smallest absolute Gasteiger partial charge is 0.288 e. The molecular weight excluding hydrogens is 188 g/mol. The first kappa shape index (κ1) is 8.40. The van der Waals surface area contributed by atoms with E-state index in [0.717, 1.165) is 0 Å². The zero-order chi connectivity index (χ0) is 9.47. The van der Waals surface area contributed by atoms with Gasteiger partial charge in [0.15, 0.2) is 0 Å². The van der Waals surface area contributed by atoms with Crippen molar-refractivity contribution < 1.29 is 13.7 Å². The molecule has 1 aliphatic heterocycles. The van der Waals surface area contributed by atoms with Gasteiger partial charge in [0.1, 0.15) is 4.90 Å². The summed E-state index contributed by atoms with van der Waals surface area (Å²) in [5.74, 6) is 0.538. The van der Waals surface area contributed by atoms with Gasteiger partial charge in [0.25, 0.3) is 10.0 Å². The largest absolute Gasteiger partial charge is 0.299 e. The minimum Gasteiger partial charge on any atom is -0.299 e. The second-order valence-electron chi connectivity index (χ2n) is 2.74. The van der Waals surface area contributed by atoms with Crippen LogP contribution < -0.4 is 5.32 Å². The first-order valence-electron chi connectivity index (χ1n) is 3.89. The van der Waals surface area contributed by atoms with Crippen LogP contribution >= 0.6 is 0 Å². The molecule has 0 aliphatic carbocycles. The molecule has 4 nitrogen and oxygen atoms in total. The molecule has 1 heterocycles. The van der Waals surface area contributed by atoms with E-state index < -0.39 is 10.0 Å². The highest BCUT2D eigenvalue weighted by Crippen LogP contribution is 2.23. The summed E-state index contributed by atoms with van der Waals surface area (Å²) >= 11 is 0. The lowest BCUT2D eigenvalue weighted by molar-refractivity contribution is -0.504. The Balaban J connectivity index is 2.76. The lowest BCUT2D eigenvalue weighted by Gasteiger charge is -1.94. The molecule has 0 spiro atoms. The molecule has 1 aliphatic rings. The van der Waals surface area contributed by atoms with E-state index in [9.17, 15) is 8.42 Å². The molecule has 5 heteroatoms. The van der Waals surface area contributed by atoms with E-state index in [1.165, 1.54) is 0 Å². The third-order valence-electron chi connectivity index (χ3n) is 1.93. The summed E-state index contributed by atoms with van der Waals surface area (Å²) in [7, 11) is -1.64. The standard InChI is InChI=1S/C8H8N2O2S/c1-9-8-6-4-2-3-5-7(6)13(11,12)10-8/h2-5H,1H3,(H,9,10)/p+1. The Kier molecular flexibility index (Phi) is 1.71. The number of benzene rings is 1. The van der Waals surface area contributed by atoms with Gasteiger partial charge < -0.3 is 0 Å². The molecule has 0 saturated carbocycles. The molecule has 0 bridgehead atoms. The SMILES string of the molecule is C[NH2+]C1=NS(=O)(=O)c2ccccc21. The van der Waals surface area contributed by atoms with Crippen molar-refractivity contribution in [2.75, 3.05) is 7.05 Å². The maximum absolute atomic E-state index is 11.4. The van der Waals surface area contributed by atoms with Gasteiger partial charge >= 0.3 is 0 Å². The molecule has 2 rings (SSSR count). The first-order valence-corrected chi connectivity index (χ1v) is 5.33. The first-order chi connectivity index (χ1) is 6.15. The summed E-state index contributed by atoms with van der Waals surface area (Å²) in [4.78, 5) is 0.308. The van der Waals surface area contributed by atoms with Crippen molar-refractivity contribution in [1.29, 1.82) is 0 Å². The number of hydrogen-bond donors (Lipinski definition) is 1. The number of rotatable bonds is 0. The minimum absolute atomic E-state index is 0.308. The van der Waals surface area contributed by atoms with Crippen LogP contribution in [0.25, 0.3) is 0 Å². The van der Waals surface area contributed by atoms with Crippen LogP contribution in [0, 0.1) is 0 Å². The van der Waals surface area contributed by atoms with Crippen LogP contribution in [0.2, 0.25) is 0 Å². The Hall–Kier alpha value is -1.20. The number of nitrogens with zero attached hydrogens (tertiary/aromatic N) is 1. The monoisotopic (exact) mass is 197 g/mol. The summed E-state index contributed by atoms with van der Waals surface area (Å²) in [5.41, 5.74) is 0.699. The zero-order valence-electron chi connectivity index (χ0n) is 7.06. The fraction of sp³-hybridized carbons (Fsp3) is 0.125. The number of fused-ring (bicyclic) bond motifs is 1. The van der Waals surface area contributed by atoms with Crippen molar-refractivity contribution >= 4 is 15.9 Å². The van der Waals surface area contributed by atoms with Gasteiger partial charge in [-0.25, -0.2) is 0 Å². The normalized spacial score (nSPS) is 18.1. The molecule has 68 valence electrons. The average molecular weight is 197 g/mol. The van der Waals surface area contributed by atoms with Crippen molar-refractivity contribution in [2.24, 2.45) is 4.40 Å². The molecule has 0 atom stereocenters. The molecule has 0 radical (unpaired) electrons. The van der Waals surface area contributed by atoms with E-state index in [-0.39, 0.29) is 0 Å². The van der Waals surface area contributed by atoms with E-state index in [1.54, 1.807) is 36.6 Å². The second-order valence-corrected chi connectivity index (χ2v) is 4.31. The lowest BCUT2D eigenvalue weighted by Crippen LogP contribution is -2.83. The molecule has 1 aromatic carbocycles. The van der Waals surface area contributed by atoms with Gasteiger partial charge in [0.2, 0.25) is 5.84 Å². The molecule has 0 saturated heterocycles. The number of hydrogen-bond acceptors (Lipinski definition) is 2. The summed E-state index contributed by atoms with van der Waals surface area (Å²) < 4.78 is 26.5. The van der Waals surface area contributed by atoms with E-state index in [0.29, 0.717) is 16.3 Å². The Morgan fingerprint density at radius 3 is 2.69 bits per heavy atom. The number of sulfonamides is 1. The Labute approximate surface area is 76.4 Å². The van der Waals surface area contributed by atoms with Crippen LogP contribution in [0.4, 0.5) is 0 Å². The highest BCUT2D eigenvalue weighted by molar-refractivity contribution is 7.90. The van der Waals surface area contributed by atoms with Gasteiger partial charge in [-0.3, -0.25) is 5.32 Å². The van der Waals surface area contributed by atoms with Crippen LogP contribution in [0.1, 0.15) is 5.56 Å². The van der Waals surface area contributed by atoms with Crippen molar-refractivity contribution in [3.05, 3.63) is 29.8 Å². The van der Waals surface area contributed by atoms with Gasteiger partial charge in [-0.05, 0) is 12.1 Å². The molecule has 0 amide bonds. The average Bonchev–Trinajstić information content (AvgIpc) is 2.39. The number of nitrogens with two attached hydrogens (primary N) is 1. The number of amidine groups is 1. The van der Waals surface area contributed by atoms with Crippen LogP contribution in [0.5, 0.6) is 0 Å². The Bertz CT molecular complexity index is 477. The predicted molar refractivity (Wildman–Crippen MR) is 48.0 cm³/mol. The molecule has 0 unspecified atom stereocenters. The second kappa shape index (κ2) is 2.65. The van der Waals surface area contributed by atoms with Crippen LogP contribution in [-0.4, -0.2) is 21.3 Å². The fourth-order valence-electron chi connectivity index (χ4n) is 1.34. The Morgan fingerprint density at radius 2 is 2.00 bits per heavy atom. The van der Waals surface area contributed by atoms with Crippen LogP contribution in [-0.2, 0) is 10.0 Å². The summed E-state index contributed by atoms with van der Waals surface area (Å²) in [6.45, 7) is 0. The van der Waals surface area contributed by atoms with Gasteiger partial charge in [0.05, 0.1) is 12.6 Å². The molecular formula is C8H9N2O2S+. The summed E-state index contributed by atoms with van der Waals surface area (Å²) in [6, 6.07) is 6.84. The van der Waals surface area contributed by atoms with Gasteiger partial charge in [-0.2, -0.15) is 8.42 Å². The van der Waals surface area contributed by atoms with E-state index in [4.69, 9.17) is 0 Å². The van der Waals surface area contributed by atoms with E-state index in [1.807, 2.05) is 0 Å². The molecule has 0 aromatic heterocycles. The summed E-state index contributed by atoms with van der Waals surface area (Å²) in [6.07, 6.45) is 0. The fourth-order valence-corrected chi connectivity index (χ4v) is 2.60. The van der Waals surface area contributed by atoms with Crippen LogP contribution in [0.3, 0.4) is 0 Å². The van der Waals surface area contributed by atoms with Gasteiger partial charge in [-0.15, -0.1) is 4.40 Å². The van der Waals surface area contributed by atoms with Gasteiger partial charge in [-0.1, -0.05) is 12.1 Å². The third-order valence-corrected chi connectivity index (χ3v) is 3.28. The number of quaternary nitrogens is 1. The van der Waals surface area contributed by atoms with E-state index in [2.05, 4.69) is 4.40 Å². The minimum atomic E-state index is -3.41. The topological polar surface area (TPSA) is 63.1 Å². The maximum atomic E-state index is 11.4. The zero-order valence-corrected chi connectivity index (χ0v) is 7.88. The third kappa shape index (κ3) is 1.16. The molecule has 2 N–H and O–H groups in total. The molecule has 1 aromatic rings. The highest BCUT2D eigenvalue weighted by atomic mass is 32.2. The van der Waals surface area contributed by atoms with Crippen molar-refractivity contribution in [1.82, 2.24) is 0 Å². The van der Waals surface area contributed by atoms with E-state index >= 15 is 0 Å². The quantitative estimate of drug-likeness (QED) is 0.599. The van der Waals surface area contributed by atoms with Gasteiger partial charge in [0, 0.05) is 0 Å². The molecule has 0 fully saturated rings. The van der Waals surface area contributed by atoms with Crippen molar-refractivity contribution in [3.8, 4) is 0 Å². The van der Waals surface area contributed by atoms with Crippen LogP contribution in [0.15, 0.2) is 33.6 Å². The maximum Gasteiger partial charge on any atom is 0.288 e. The predicted octanol–water partition coefficient (Wildman–Crippen LogP) is -0.671. The Morgan fingerprint density at radius 1 is 1.31 bits per heavy atom. The van der Waals surface area contributed by atoms with Crippen molar-refractivity contribution in [3.63, 3.8) is 0 Å².